The van der Waals surface area contributed by atoms with Crippen LogP contribution in [-0.2, 0) is 16.1 Å². The number of carbonyl (C=O) groups is 1. The van der Waals surface area contributed by atoms with Crippen LogP contribution in [0, 0.1) is 0 Å². The first-order chi connectivity index (χ1) is 10.2. The molecular weight excluding hydrogens is 267 g/mol. The van der Waals surface area contributed by atoms with Gasteiger partial charge in [0.05, 0.1) is 6.61 Å². The second-order valence-electron chi connectivity index (χ2n) is 5.45. The summed E-state index contributed by atoms with van der Waals surface area (Å²) in [5, 5.41) is 0. The maximum Gasteiger partial charge on any atom is 0.258 e. The van der Waals surface area contributed by atoms with E-state index in [2.05, 4.69) is 6.92 Å². The Hall–Kier alpha value is -1.22. The van der Waals surface area contributed by atoms with Crippen LogP contribution in [0.1, 0.15) is 63.9 Å². The zero-order valence-corrected chi connectivity index (χ0v) is 13.0. The van der Waals surface area contributed by atoms with Crippen molar-refractivity contribution >= 4 is 5.78 Å². The van der Waals surface area contributed by atoms with E-state index in [1.165, 1.54) is 25.7 Å². The van der Waals surface area contributed by atoms with Crippen LogP contribution in [0.15, 0.2) is 30.3 Å². The molecule has 0 aromatic heterocycles. The third-order valence-corrected chi connectivity index (χ3v) is 3.52. The molecule has 0 aliphatic rings. The fourth-order valence-electron chi connectivity index (χ4n) is 2.21. The fraction of sp³-hybridized carbons (Fsp3) is 0.611. The SMILES string of the molecule is CCCCCCCCCC(=O)C(F)OCc1ccccc1. The van der Waals surface area contributed by atoms with E-state index in [-0.39, 0.29) is 13.0 Å². The molecule has 3 heteroatoms. The molecule has 0 saturated heterocycles. The van der Waals surface area contributed by atoms with E-state index in [4.69, 9.17) is 4.74 Å². The fourth-order valence-corrected chi connectivity index (χ4v) is 2.21. The topological polar surface area (TPSA) is 26.3 Å². The largest absolute Gasteiger partial charge is 0.338 e. The second kappa shape index (κ2) is 11.4. The number of benzene rings is 1. The maximum absolute atomic E-state index is 13.6. The number of alkyl halides is 1. The number of ether oxygens (including phenoxy) is 1. The van der Waals surface area contributed by atoms with Gasteiger partial charge in [-0.05, 0) is 12.0 Å². The quantitative estimate of drug-likeness (QED) is 0.495. The molecule has 0 heterocycles. The van der Waals surface area contributed by atoms with Gasteiger partial charge in [-0.3, -0.25) is 4.79 Å². The first-order valence-corrected chi connectivity index (χ1v) is 8.06. The molecular formula is C18H27FO2. The molecule has 0 fully saturated rings. The van der Waals surface area contributed by atoms with Crippen LogP contribution < -0.4 is 0 Å². The zero-order valence-electron chi connectivity index (χ0n) is 13.0. The lowest BCUT2D eigenvalue weighted by molar-refractivity contribution is -0.144. The summed E-state index contributed by atoms with van der Waals surface area (Å²) in [6.07, 6.45) is 6.38. The normalized spacial score (nSPS) is 12.3. The summed E-state index contributed by atoms with van der Waals surface area (Å²) in [4.78, 5) is 11.6. The van der Waals surface area contributed by atoms with E-state index in [9.17, 15) is 9.18 Å². The summed E-state index contributed by atoms with van der Waals surface area (Å²) in [5.41, 5.74) is 0.879. The van der Waals surface area contributed by atoms with Gasteiger partial charge < -0.3 is 4.74 Å². The van der Waals surface area contributed by atoms with Crippen LogP contribution in [-0.4, -0.2) is 12.1 Å². The molecule has 0 saturated carbocycles. The van der Waals surface area contributed by atoms with Crippen molar-refractivity contribution in [3.05, 3.63) is 35.9 Å². The van der Waals surface area contributed by atoms with Crippen LogP contribution in [0.2, 0.25) is 0 Å². The molecule has 0 radical (unpaired) electrons. The molecule has 0 spiro atoms. The van der Waals surface area contributed by atoms with E-state index < -0.39 is 12.1 Å². The molecule has 0 aliphatic heterocycles. The molecule has 0 aliphatic carbocycles. The van der Waals surface area contributed by atoms with E-state index in [1.54, 1.807) is 0 Å². The van der Waals surface area contributed by atoms with Crippen LogP contribution in [0.3, 0.4) is 0 Å². The van der Waals surface area contributed by atoms with Crippen molar-refractivity contribution in [1.82, 2.24) is 0 Å². The van der Waals surface area contributed by atoms with Crippen molar-refractivity contribution in [3.63, 3.8) is 0 Å². The number of hydrogen-bond donors (Lipinski definition) is 0. The number of ketones is 1. The van der Waals surface area contributed by atoms with E-state index in [0.29, 0.717) is 0 Å². The van der Waals surface area contributed by atoms with Gasteiger partial charge in [-0.15, -0.1) is 0 Å². The number of halogens is 1. The second-order valence-corrected chi connectivity index (χ2v) is 5.45. The van der Waals surface area contributed by atoms with Crippen LogP contribution in [0.4, 0.5) is 4.39 Å². The first kappa shape index (κ1) is 17.8. The predicted molar refractivity (Wildman–Crippen MR) is 83.7 cm³/mol. The standard InChI is InChI=1S/C18H27FO2/c1-2-3-4-5-6-7-11-14-17(20)18(19)21-15-16-12-9-8-10-13-16/h8-10,12-13,18H,2-7,11,14-15H2,1H3. The number of Topliss-reactive ketones (excluding diaryl/α,β-unsaturated/α-hetero) is 1. The van der Waals surface area contributed by atoms with Gasteiger partial charge in [-0.25, -0.2) is 4.39 Å². The van der Waals surface area contributed by atoms with Crippen molar-refractivity contribution < 1.29 is 13.9 Å². The van der Waals surface area contributed by atoms with Gasteiger partial charge in [-0.1, -0.05) is 75.8 Å². The van der Waals surface area contributed by atoms with Gasteiger partial charge in [0.25, 0.3) is 6.36 Å². The van der Waals surface area contributed by atoms with Crippen LogP contribution in [0.5, 0.6) is 0 Å². The van der Waals surface area contributed by atoms with Gasteiger partial charge >= 0.3 is 0 Å². The minimum absolute atomic E-state index is 0.144. The highest BCUT2D eigenvalue weighted by Crippen LogP contribution is 2.11. The number of unbranched alkanes of at least 4 members (excludes halogenated alkanes) is 6. The Labute approximate surface area is 127 Å². The minimum Gasteiger partial charge on any atom is -0.338 e. The molecule has 0 N–H and O–H groups in total. The number of hydrogen-bond acceptors (Lipinski definition) is 2. The van der Waals surface area contributed by atoms with Crippen molar-refractivity contribution in [3.8, 4) is 0 Å². The summed E-state index contributed by atoms with van der Waals surface area (Å²) in [6, 6.07) is 9.33. The monoisotopic (exact) mass is 294 g/mol. The molecule has 0 bridgehead atoms. The summed E-state index contributed by atoms with van der Waals surface area (Å²) in [7, 11) is 0. The summed E-state index contributed by atoms with van der Waals surface area (Å²) in [5.74, 6) is -0.431. The molecule has 21 heavy (non-hydrogen) atoms. The third kappa shape index (κ3) is 8.61. The van der Waals surface area contributed by atoms with Gasteiger partial charge in [-0.2, -0.15) is 0 Å². The third-order valence-electron chi connectivity index (χ3n) is 3.52. The molecule has 0 amide bonds. The van der Waals surface area contributed by atoms with E-state index in [1.807, 2.05) is 30.3 Å². The van der Waals surface area contributed by atoms with E-state index >= 15 is 0 Å². The molecule has 1 aromatic rings. The number of rotatable bonds is 12. The number of carbonyl (C=O) groups excluding carboxylic acids is 1. The Morgan fingerprint density at radius 2 is 1.67 bits per heavy atom. The smallest absolute Gasteiger partial charge is 0.258 e. The van der Waals surface area contributed by atoms with Gasteiger partial charge in [0, 0.05) is 6.42 Å². The van der Waals surface area contributed by atoms with Crippen molar-refractivity contribution in [2.24, 2.45) is 0 Å². The molecule has 1 unspecified atom stereocenters. The molecule has 1 atom stereocenters. The summed E-state index contributed by atoms with van der Waals surface area (Å²) < 4.78 is 18.6. The minimum atomic E-state index is -1.79. The Morgan fingerprint density at radius 1 is 1.05 bits per heavy atom. The van der Waals surface area contributed by atoms with Gasteiger partial charge in [0.1, 0.15) is 0 Å². The van der Waals surface area contributed by atoms with E-state index in [0.717, 1.165) is 24.8 Å². The zero-order chi connectivity index (χ0) is 15.3. The van der Waals surface area contributed by atoms with Crippen molar-refractivity contribution in [2.75, 3.05) is 0 Å². The molecule has 118 valence electrons. The first-order valence-electron chi connectivity index (χ1n) is 8.06. The lowest BCUT2D eigenvalue weighted by atomic mass is 10.1. The Morgan fingerprint density at radius 3 is 2.33 bits per heavy atom. The summed E-state index contributed by atoms with van der Waals surface area (Å²) in [6.45, 7) is 2.33. The van der Waals surface area contributed by atoms with Crippen molar-refractivity contribution in [1.29, 1.82) is 0 Å². The lowest BCUT2D eigenvalue weighted by Crippen LogP contribution is -2.18. The molecule has 1 rings (SSSR count). The Balaban J connectivity index is 2.06. The lowest BCUT2D eigenvalue weighted by Gasteiger charge is -2.09. The van der Waals surface area contributed by atoms with Crippen LogP contribution in [0.25, 0.3) is 0 Å². The highest BCUT2D eigenvalue weighted by atomic mass is 19.1. The Bertz CT molecular complexity index is 378. The Kier molecular flexibility index (Phi) is 9.71. The van der Waals surface area contributed by atoms with Gasteiger partial charge in [0.2, 0.25) is 0 Å². The maximum atomic E-state index is 13.6. The molecule has 2 nitrogen and oxygen atoms in total. The molecule has 1 aromatic carbocycles. The highest BCUT2D eigenvalue weighted by Gasteiger charge is 2.16. The highest BCUT2D eigenvalue weighted by molar-refractivity contribution is 5.81. The van der Waals surface area contributed by atoms with Gasteiger partial charge in [0.15, 0.2) is 5.78 Å². The average molecular weight is 294 g/mol. The average Bonchev–Trinajstić information content (AvgIpc) is 2.52. The summed E-state index contributed by atoms with van der Waals surface area (Å²) >= 11 is 0. The van der Waals surface area contributed by atoms with Crippen molar-refractivity contribution in [2.45, 2.75) is 71.3 Å². The van der Waals surface area contributed by atoms with Crippen LogP contribution >= 0.6 is 0 Å². The predicted octanol–water partition coefficient (Wildman–Crippen LogP) is 5.21.